The van der Waals surface area contributed by atoms with Gasteiger partial charge in [0.1, 0.15) is 0 Å². The van der Waals surface area contributed by atoms with E-state index in [1.165, 1.54) is 37.7 Å². The number of hydrogen-bond acceptors (Lipinski definition) is 2. The highest BCUT2D eigenvalue weighted by Crippen LogP contribution is 2.34. The molecule has 1 aliphatic rings. The van der Waals surface area contributed by atoms with Crippen LogP contribution in [0.1, 0.15) is 63.5 Å². The highest BCUT2D eigenvalue weighted by molar-refractivity contribution is 5.20. The number of aliphatic hydroxyl groups excluding tert-OH is 1. The molecule has 0 heterocycles. The van der Waals surface area contributed by atoms with Gasteiger partial charge in [0.25, 0.3) is 0 Å². The first-order valence-electron chi connectivity index (χ1n) is 8.27. The van der Waals surface area contributed by atoms with Crippen molar-refractivity contribution in [1.82, 2.24) is 5.32 Å². The molecule has 0 spiro atoms. The van der Waals surface area contributed by atoms with E-state index in [2.05, 4.69) is 42.6 Å². The van der Waals surface area contributed by atoms with Crippen LogP contribution in [0, 0.1) is 5.92 Å². The molecule has 1 aromatic rings. The summed E-state index contributed by atoms with van der Waals surface area (Å²) in [5.74, 6) is 0.722. The van der Waals surface area contributed by atoms with E-state index in [4.69, 9.17) is 0 Å². The lowest BCUT2D eigenvalue weighted by Crippen LogP contribution is -2.35. The van der Waals surface area contributed by atoms with Crippen LogP contribution >= 0.6 is 0 Å². The maximum Gasteiger partial charge on any atom is 0.0664 e. The summed E-state index contributed by atoms with van der Waals surface area (Å²) in [7, 11) is 0. The van der Waals surface area contributed by atoms with Crippen molar-refractivity contribution >= 4 is 0 Å². The van der Waals surface area contributed by atoms with Gasteiger partial charge in [0, 0.05) is 12.6 Å². The van der Waals surface area contributed by atoms with E-state index in [1.807, 2.05) is 0 Å². The highest BCUT2D eigenvalue weighted by atomic mass is 16.3. The van der Waals surface area contributed by atoms with Gasteiger partial charge in [-0.15, -0.1) is 0 Å². The summed E-state index contributed by atoms with van der Waals surface area (Å²) in [6, 6.07) is 11.2. The van der Waals surface area contributed by atoms with Crippen molar-refractivity contribution < 1.29 is 5.11 Å². The monoisotopic (exact) mass is 275 g/mol. The Labute approximate surface area is 123 Å². The molecule has 112 valence electrons. The Morgan fingerprint density at radius 2 is 1.85 bits per heavy atom. The summed E-state index contributed by atoms with van der Waals surface area (Å²) in [4.78, 5) is 0. The van der Waals surface area contributed by atoms with Crippen LogP contribution < -0.4 is 5.32 Å². The van der Waals surface area contributed by atoms with Crippen LogP contribution in [0.15, 0.2) is 30.3 Å². The molecule has 2 unspecified atom stereocenters. The predicted octanol–water partition coefficient (Wildman–Crippen LogP) is 4.06. The molecule has 0 radical (unpaired) electrons. The van der Waals surface area contributed by atoms with Crippen molar-refractivity contribution in [2.24, 2.45) is 5.92 Å². The Hall–Kier alpha value is -0.860. The van der Waals surface area contributed by atoms with E-state index in [1.54, 1.807) is 0 Å². The Morgan fingerprint density at radius 3 is 2.50 bits per heavy atom. The minimum atomic E-state index is -0.213. The molecule has 0 bridgehead atoms. The van der Waals surface area contributed by atoms with Crippen LogP contribution in [0.3, 0.4) is 0 Å². The molecule has 2 atom stereocenters. The van der Waals surface area contributed by atoms with Gasteiger partial charge in [0.15, 0.2) is 0 Å². The summed E-state index contributed by atoms with van der Waals surface area (Å²) in [6.07, 6.45) is 8.44. The lowest BCUT2D eigenvalue weighted by atomic mass is 9.81. The topological polar surface area (TPSA) is 32.3 Å². The van der Waals surface area contributed by atoms with Gasteiger partial charge in [-0.05, 0) is 30.7 Å². The molecule has 0 aromatic heterocycles. The van der Waals surface area contributed by atoms with E-state index in [0.29, 0.717) is 12.6 Å². The standard InChI is InChI=1S/C18H29NO/c1-2-9-17(20)14-19-18(15-10-5-3-6-11-15)16-12-7-4-8-13-16/h3,5-6,10-11,16-20H,2,4,7-9,12-14H2,1H3. The number of aliphatic hydroxyl groups is 1. The van der Waals surface area contributed by atoms with Crippen molar-refractivity contribution in [2.45, 2.75) is 64.0 Å². The van der Waals surface area contributed by atoms with E-state index >= 15 is 0 Å². The van der Waals surface area contributed by atoms with E-state index < -0.39 is 0 Å². The van der Waals surface area contributed by atoms with Crippen molar-refractivity contribution in [1.29, 1.82) is 0 Å². The zero-order chi connectivity index (χ0) is 14.2. The zero-order valence-electron chi connectivity index (χ0n) is 12.7. The van der Waals surface area contributed by atoms with Gasteiger partial charge in [0.2, 0.25) is 0 Å². The molecule has 2 nitrogen and oxygen atoms in total. The van der Waals surface area contributed by atoms with Crippen LogP contribution in [0.2, 0.25) is 0 Å². The van der Waals surface area contributed by atoms with Gasteiger partial charge in [0.05, 0.1) is 6.10 Å². The molecule has 1 aliphatic carbocycles. The van der Waals surface area contributed by atoms with Gasteiger partial charge in [-0.3, -0.25) is 0 Å². The fourth-order valence-electron chi connectivity index (χ4n) is 3.38. The van der Waals surface area contributed by atoms with Gasteiger partial charge in [-0.2, -0.15) is 0 Å². The first-order valence-corrected chi connectivity index (χ1v) is 8.27. The molecule has 2 N–H and O–H groups in total. The Kier molecular flexibility index (Phi) is 6.55. The van der Waals surface area contributed by atoms with Gasteiger partial charge >= 0.3 is 0 Å². The fraction of sp³-hybridized carbons (Fsp3) is 0.667. The first kappa shape index (κ1) is 15.5. The lowest BCUT2D eigenvalue weighted by molar-refractivity contribution is 0.147. The van der Waals surface area contributed by atoms with Gasteiger partial charge in [-0.1, -0.05) is 62.9 Å². The number of nitrogens with one attached hydrogen (secondary N) is 1. The lowest BCUT2D eigenvalue weighted by Gasteiger charge is -2.32. The quantitative estimate of drug-likeness (QED) is 0.786. The largest absolute Gasteiger partial charge is 0.392 e. The molecular weight excluding hydrogens is 246 g/mol. The van der Waals surface area contributed by atoms with Crippen molar-refractivity contribution in [3.8, 4) is 0 Å². The summed E-state index contributed by atoms with van der Waals surface area (Å²) >= 11 is 0. The Morgan fingerprint density at radius 1 is 1.15 bits per heavy atom. The van der Waals surface area contributed by atoms with E-state index in [-0.39, 0.29) is 6.10 Å². The predicted molar refractivity (Wildman–Crippen MR) is 84.7 cm³/mol. The maximum absolute atomic E-state index is 9.98. The molecule has 1 saturated carbocycles. The molecule has 2 rings (SSSR count). The van der Waals surface area contributed by atoms with Crippen molar-refractivity contribution in [2.75, 3.05) is 6.54 Å². The second-order valence-corrected chi connectivity index (χ2v) is 6.14. The Balaban J connectivity index is 2.00. The van der Waals surface area contributed by atoms with E-state index in [9.17, 15) is 5.11 Å². The molecule has 0 amide bonds. The Bertz CT molecular complexity index is 359. The smallest absolute Gasteiger partial charge is 0.0664 e. The van der Waals surface area contributed by atoms with Crippen LogP contribution in [0.5, 0.6) is 0 Å². The number of rotatable bonds is 7. The van der Waals surface area contributed by atoms with Crippen molar-refractivity contribution in [3.05, 3.63) is 35.9 Å². The fourth-order valence-corrected chi connectivity index (χ4v) is 3.38. The summed E-state index contributed by atoms with van der Waals surface area (Å²) in [5.41, 5.74) is 1.38. The second-order valence-electron chi connectivity index (χ2n) is 6.14. The molecule has 2 heteroatoms. The molecule has 1 fully saturated rings. The molecule has 20 heavy (non-hydrogen) atoms. The van der Waals surface area contributed by atoms with Crippen LogP contribution in [0.4, 0.5) is 0 Å². The van der Waals surface area contributed by atoms with Crippen molar-refractivity contribution in [3.63, 3.8) is 0 Å². The third-order valence-electron chi connectivity index (χ3n) is 4.48. The second kappa shape index (κ2) is 8.43. The minimum Gasteiger partial charge on any atom is -0.392 e. The average Bonchev–Trinajstić information content (AvgIpc) is 2.50. The summed E-state index contributed by atoms with van der Waals surface area (Å²) < 4.78 is 0. The number of hydrogen-bond donors (Lipinski definition) is 2. The summed E-state index contributed by atoms with van der Waals surface area (Å²) in [6.45, 7) is 2.84. The van der Waals surface area contributed by atoms with Crippen LogP contribution in [-0.4, -0.2) is 17.8 Å². The first-order chi connectivity index (χ1) is 9.81. The SMILES string of the molecule is CCCC(O)CNC(c1ccccc1)C1CCCCC1. The van der Waals surface area contributed by atoms with E-state index in [0.717, 1.165) is 18.8 Å². The maximum atomic E-state index is 9.98. The normalized spacial score (nSPS) is 19.7. The molecule has 0 aliphatic heterocycles. The number of benzene rings is 1. The van der Waals surface area contributed by atoms with Gasteiger partial charge < -0.3 is 10.4 Å². The average molecular weight is 275 g/mol. The zero-order valence-corrected chi connectivity index (χ0v) is 12.7. The minimum absolute atomic E-state index is 0.213. The molecule has 0 saturated heterocycles. The third kappa shape index (κ3) is 4.60. The van der Waals surface area contributed by atoms with Gasteiger partial charge in [-0.25, -0.2) is 0 Å². The molecular formula is C18H29NO. The highest BCUT2D eigenvalue weighted by Gasteiger charge is 2.25. The van der Waals surface area contributed by atoms with Crippen LogP contribution in [-0.2, 0) is 0 Å². The van der Waals surface area contributed by atoms with Crippen LogP contribution in [0.25, 0.3) is 0 Å². The third-order valence-corrected chi connectivity index (χ3v) is 4.48. The molecule has 1 aromatic carbocycles. The summed E-state index contributed by atoms with van der Waals surface area (Å²) in [5, 5.41) is 13.6.